The van der Waals surface area contributed by atoms with E-state index >= 15 is 0 Å². The number of thioether (sulfide) groups is 1. The minimum Gasteiger partial charge on any atom is -0.311 e. The summed E-state index contributed by atoms with van der Waals surface area (Å²) in [6.07, 6.45) is 11.7. The Hall–Kier alpha value is -0.660. The molecule has 4 N–H and O–H groups in total. The van der Waals surface area contributed by atoms with Gasteiger partial charge in [-0.25, -0.2) is 0 Å². The summed E-state index contributed by atoms with van der Waals surface area (Å²) in [5, 5.41) is 16.1. The molecule has 31 heavy (non-hydrogen) atoms. The van der Waals surface area contributed by atoms with Crippen molar-refractivity contribution in [2.75, 3.05) is 13.1 Å². The van der Waals surface area contributed by atoms with Crippen LogP contribution in [0.15, 0.2) is 17.0 Å². The average Bonchev–Trinajstić information content (AvgIpc) is 2.80. The molecule has 2 heterocycles. The Morgan fingerprint density at radius 1 is 0.806 bits per heavy atom. The van der Waals surface area contributed by atoms with Gasteiger partial charge < -0.3 is 21.3 Å². The van der Waals surface area contributed by atoms with Crippen molar-refractivity contribution in [3.63, 3.8) is 0 Å². The Balaban J connectivity index is 1.54. The molecular weight excluding hydrogens is 402 g/mol. The summed E-state index contributed by atoms with van der Waals surface area (Å²) in [7, 11) is 0. The summed E-state index contributed by atoms with van der Waals surface area (Å²) in [5.74, 6) is 0. The van der Waals surface area contributed by atoms with E-state index in [-0.39, 0.29) is 0 Å². The fraction of sp³-hybridized carbons (Fsp3) is 0.800. The first kappa shape index (κ1) is 23.5. The smallest absolute Gasteiger partial charge is 0.0556 e. The first-order valence-corrected chi connectivity index (χ1v) is 13.7. The standard InChI is InChI=1S/C25H43N5S/c1-3-18(2)31-21-14-19-16-28-24-10-6-4-8-22(24)26-12-13-27-23-9-5-7-11-25(23)29-17-20(15-21)30-19/h14-15,18,22-29H,3-13,16-17H2,1-2H3/t18?,22-,23?,24-,25?/m1/s1. The number of hydrogen-bond acceptors (Lipinski definition) is 6. The summed E-state index contributed by atoms with van der Waals surface area (Å²) in [4.78, 5) is 6.45. The third kappa shape index (κ3) is 6.91. The molecule has 0 aromatic carbocycles. The van der Waals surface area contributed by atoms with Crippen LogP contribution in [0.25, 0.3) is 0 Å². The molecule has 2 aliphatic carbocycles. The Bertz CT molecular complexity index is 636. The van der Waals surface area contributed by atoms with Crippen LogP contribution < -0.4 is 21.3 Å². The summed E-state index contributed by atoms with van der Waals surface area (Å²) >= 11 is 1.99. The van der Waals surface area contributed by atoms with Crippen LogP contribution in [0.3, 0.4) is 0 Å². The molecule has 2 bridgehead atoms. The van der Waals surface area contributed by atoms with Crippen LogP contribution in [-0.2, 0) is 13.1 Å². The van der Waals surface area contributed by atoms with Gasteiger partial charge in [-0.05, 0) is 44.2 Å². The maximum atomic E-state index is 5.07. The van der Waals surface area contributed by atoms with Crippen molar-refractivity contribution in [2.45, 2.75) is 119 Å². The number of fused-ring (bicyclic) bond motifs is 4. The zero-order valence-corrected chi connectivity index (χ0v) is 20.4. The lowest BCUT2D eigenvalue weighted by atomic mass is 9.89. The van der Waals surface area contributed by atoms with Gasteiger partial charge in [0.05, 0.1) is 11.4 Å². The predicted molar refractivity (Wildman–Crippen MR) is 132 cm³/mol. The van der Waals surface area contributed by atoms with E-state index < -0.39 is 0 Å². The van der Waals surface area contributed by atoms with Crippen LogP contribution in [0.1, 0.15) is 83.0 Å². The maximum Gasteiger partial charge on any atom is 0.0556 e. The molecule has 0 amide bonds. The van der Waals surface area contributed by atoms with Crippen molar-refractivity contribution in [3.05, 3.63) is 23.5 Å². The minimum atomic E-state index is 0.551. The lowest BCUT2D eigenvalue weighted by Gasteiger charge is -2.34. The van der Waals surface area contributed by atoms with Crippen molar-refractivity contribution in [2.24, 2.45) is 0 Å². The molecule has 5 atom stereocenters. The van der Waals surface area contributed by atoms with Gasteiger partial charge in [0.2, 0.25) is 0 Å². The molecule has 174 valence electrons. The average molecular weight is 446 g/mol. The summed E-state index contributed by atoms with van der Waals surface area (Å²) in [6.45, 7) is 8.47. The Kier molecular flexibility index (Phi) is 9.08. The highest BCUT2D eigenvalue weighted by Gasteiger charge is 2.27. The Morgan fingerprint density at radius 2 is 1.26 bits per heavy atom. The molecule has 0 spiro atoms. The zero-order valence-electron chi connectivity index (χ0n) is 19.6. The molecule has 6 heteroatoms. The van der Waals surface area contributed by atoms with Gasteiger partial charge in [-0.15, -0.1) is 11.8 Å². The highest BCUT2D eigenvalue weighted by atomic mass is 32.2. The van der Waals surface area contributed by atoms with Gasteiger partial charge in [-0.1, -0.05) is 39.5 Å². The fourth-order valence-corrected chi connectivity index (χ4v) is 6.45. The third-order valence-corrected chi connectivity index (χ3v) is 8.62. The molecule has 1 aromatic heterocycles. The number of nitrogens with one attached hydrogen (secondary N) is 4. The van der Waals surface area contributed by atoms with Crippen molar-refractivity contribution < 1.29 is 0 Å². The molecule has 3 aliphatic rings. The summed E-state index contributed by atoms with van der Waals surface area (Å²) in [6, 6.07) is 6.91. The summed E-state index contributed by atoms with van der Waals surface area (Å²) < 4.78 is 0. The van der Waals surface area contributed by atoms with Crippen LogP contribution in [0, 0.1) is 0 Å². The van der Waals surface area contributed by atoms with Crippen LogP contribution in [0.5, 0.6) is 0 Å². The third-order valence-electron chi connectivity index (χ3n) is 7.38. The van der Waals surface area contributed by atoms with Gasteiger partial charge in [0.1, 0.15) is 0 Å². The SMILES string of the molecule is CCC(C)Sc1cc2nc(c1)CN[C@@H]1CCCC[C@H]1NCCNC1CCCCC1NC2. The second kappa shape index (κ2) is 12.0. The van der Waals surface area contributed by atoms with Gasteiger partial charge >= 0.3 is 0 Å². The lowest BCUT2D eigenvalue weighted by Crippen LogP contribution is -2.53. The second-order valence-corrected chi connectivity index (χ2v) is 11.3. The molecule has 0 saturated heterocycles. The van der Waals surface area contributed by atoms with Gasteiger partial charge in [0, 0.05) is 60.5 Å². The van der Waals surface area contributed by atoms with Crippen LogP contribution in [0.4, 0.5) is 0 Å². The summed E-state index contributed by atoms with van der Waals surface area (Å²) in [5.41, 5.74) is 2.39. The fourth-order valence-electron chi connectivity index (χ4n) is 5.41. The Labute approximate surface area is 193 Å². The highest BCUT2D eigenvalue weighted by Crippen LogP contribution is 2.27. The number of aromatic nitrogens is 1. The van der Waals surface area contributed by atoms with E-state index in [1.165, 1.54) is 74.1 Å². The minimum absolute atomic E-state index is 0.551. The molecular formula is C25H43N5S. The number of nitrogens with zero attached hydrogens (tertiary/aromatic N) is 1. The number of rotatable bonds is 3. The Morgan fingerprint density at radius 3 is 1.71 bits per heavy atom. The van der Waals surface area contributed by atoms with E-state index in [4.69, 9.17) is 4.98 Å². The molecule has 2 fully saturated rings. The van der Waals surface area contributed by atoms with E-state index in [2.05, 4.69) is 47.2 Å². The van der Waals surface area contributed by atoms with Crippen molar-refractivity contribution in [1.82, 2.24) is 26.3 Å². The van der Waals surface area contributed by atoms with Crippen molar-refractivity contribution in [1.29, 1.82) is 0 Å². The number of hydrogen-bond donors (Lipinski definition) is 4. The first-order chi connectivity index (χ1) is 15.2. The topological polar surface area (TPSA) is 61.0 Å². The normalized spacial score (nSPS) is 31.5. The van der Waals surface area contributed by atoms with E-state index in [0.29, 0.717) is 29.4 Å². The zero-order chi connectivity index (χ0) is 21.5. The quantitative estimate of drug-likeness (QED) is 0.528. The second-order valence-electron chi connectivity index (χ2n) is 9.79. The highest BCUT2D eigenvalue weighted by molar-refractivity contribution is 7.99. The molecule has 0 radical (unpaired) electrons. The molecule has 1 aromatic rings. The molecule has 3 unspecified atom stereocenters. The number of pyridine rings is 1. The van der Waals surface area contributed by atoms with E-state index in [1.807, 2.05) is 11.8 Å². The lowest BCUT2D eigenvalue weighted by molar-refractivity contribution is 0.266. The molecule has 5 nitrogen and oxygen atoms in total. The van der Waals surface area contributed by atoms with Crippen molar-refractivity contribution in [3.8, 4) is 0 Å². The van der Waals surface area contributed by atoms with E-state index in [9.17, 15) is 0 Å². The molecule has 4 rings (SSSR count). The maximum absolute atomic E-state index is 5.07. The van der Waals surface area contributed by atoms with E-state index in [1.54, 1.807) is 0 Å². The molecule has 1 aliphatic heterocycles. The first-order valence-electron chi connectivity index (χ1n) is 12.8. The van der Waals surface area contributed by atoms with Gasteiger partial charge in [0.25, 0.3) is 0 Å². The van der Waals surface area contributed by atoms with Crippen LogP contribution in [-0.4, -0.2) is 47.5 Å². The van der Waals surface area contributed by atoms with Crippen LogP contribution >= 0.6 is 11.8 Å². The monoisotopic (exact) mass is 445 g/mol. The molecule has 2 saturated carbocycles. The van der Waals surface area contributed by atoms with Gasteiger partial charge in [0.15, 0.2) is 0 Å². The van der Waals surface area contributed by atoms with Gasteiger partial charge in [-0.3, -0.25) is 4.98 Å². The van der Waals surface area contributed by atoms with Crippen LogP contribution in [0.2, 0.25) is 0 Å². The predicted octanol–water partition coefficient (Wildman–Crippen LogP) is 3.97. The van der Waals surface area contributed by atoms with Crippen molar-refractivity contribution >= 4 is 11.8 Å². The van der Waals surface area contributed by atoms with E-state index in [0.717, 1.165) is 26.2 Å². The largest absolute Gasteiger partial charge is 0.311 e. The van der Waals surface area contributed by atoms with Gasteiger partial charge in [-0.2, -0.15) is 0 Å².